The van der Waals surface area contributed by atoms with Crippen LogP contribution in [0.2, 0.25) is 0 Å². The lowest BCUT2D eigenvalue weighted by atomic mass is 10.0. The summed E-state index contributed by atoms with van der Waals surface area (Å²) in [5.41, 5.74) is 1.04. The molecular formula is C14H17N3O3S. The second-order valence-corrected chi connectivity index (χ2v) is 5.84. The van der Waals surface area contributed by atoms with E-state index in [0.29, 0.717) is 31.5 Å². The van der Waals surface area contributed by atoms with E-state index >= 15 is 0 Å². The van der Waals surface area contributed by atoms with Gasteiger partial charge in [0.25, 0.3) is 0 Å². The van der Waals surface area contributed by atoms with Crippen molar-refractivity contribution in [1.82, 2.24) is 15.1 Å². The monoisotopic (exact) mass is 307 g/mol. The van der Waals surface area contributed by atoms with Crippen LogP contribution in [-0.4, -0.2) is 40.8 Å². The number of ether oxygens (including phenoxy) is 1. The zero-order valence-corrected chi connectivity index (χ0v) is 12.8. The fourth-order valence-corrected chi connectivity index (χ4v) is 3.19. The number of morpholine rings is 1. The predicted molar refractivity (Wildman–Crippen MR) is 77.0 cm³/mol. The first-order valence-electron chi connectivity index (χ1n) is 6.87. The molecule has 0 radical (unpaired) electrons. The van der Waals surface area contributed by atoms with E-state index in [2.05, 4.69) is 10.2 Å². The number of carbonyl (C=O) groups is 1. The van der Waals surface area contributed by atoms with E-state index in [1.807, 2.05) is 23.8 Å². The van der Waals surface area contributed by atoms with Gasteiger partial charge in [-0.15, -0.1) is 10.2 Å². The van der Waals surface area contributed by atoms with Crippen LogP contribution in [0.15, 0.2) is 21.2 Å². The third kappa shape index (κ3) is 2.84. The lowest BCUT2D eigenvalue weighted by Crippen LogP contribution is -2.45. The van der Waals surface area contributed by atoms with E-state index < -0.39 is 0 Å². The van der Waals surface area contributed by atoms with Crippen molar-refractivity contribution in [2.24, 2.45) is 0 Å². The highest BCUT2D eigenvalue weighted by Gasteiger charge is 2.34. The highest BCUT2D eigenvalue weighted by atomic mass is 32.1. The Hall–Kier alpha value is -1.73. The molecule has 0 unspecified atom stereocenters. The van der Waals surface area contributed by atoms with E-state index in [1.54, 1.807) is 23.2 Å². The Balaban J connectivity index is 1.82. The number of hydrogen-bond acceptors (Lipinski definition) is 6. The molecule has 3 rings (SSSR count). The van der Waals surface area contributed by atoms with E-state index in [4.69, 9.17) is 9.15 Å². The van der Waals surface area contributed by atoms with Gasteiger partial charge in [0.05, 0.1) is 19.1 Å². The average Bonchev–Trinajstić information content (AvgIpc) is 3.17. The van der Waals surface area contributed by atoms with Crippen LogP contribution in [0.25, 0.3) is 0 Å². The summed E-state index contributed by atoms with van der Waals surface area (Å²) in [7, 11) is 0. The van der Waals surface area contributed by atoms with Gasteiger partial charge in [-0.25, -0.2) is 0 Å². The molecule has 0 aliphatic carbocycles. The van der Waals surface area contributed by atoms with Gasteiger partial charge in [0, 0.05) is 13.5 Å². The zero-order chi connectivity index (χ0) is 14.8. The van der Waals surface area contributed by atoms with Crippen LogP contribution < -0.4 is 0 Å². The summed E-state index contributed by atoms with van der Waals surface area (Å²) in [6.45, 7) is 5.13. The third-order valence-electron chi connectivity index (χ3n) is 3.65. The molecule has 1 aliphatic heterocycles. The van der Waals surface area contributed by atoms with Crippen LogP contribution in [0, 0.1) is 6.92 Å². The summed E-state index contributed by atoms with van der Waals surface area (Å²) in [6.07, 6.45) is 0. The van der Waals surface area contributed by atoms with Crippen molar-refractivity contribution in [2.45, 2.75) is 25.8 Å². The highest BCUT2D eigenvalue weighted by Crippen LogP contribution is 2.28. The number of thiophene rings is 1. The van der Waals surface area contributed by atoms with Gasteiger partial charge in [0.2, 0.25) is 17.7 Å². The topological polar surface area (TPSA) is 68.5 Å². The summed E-state index contributed by atoms with van der Waals surface area (Å²) < 4.78 is 11.0. The van der Waals surface area contributed by atoms with E-state index in [-0.39, 0.29) is 17.9 Å². The molecule has 1 amide bonds. The molecule has 6 nitrogen and oxygen atoms in total. The second kappa shape index (κ2) is 5.95. The standard InChI is InChI=1S/C14H17N3O3S/c1-9(11-3-6-21-8-11)14(18)17-4-5-19-7-12(17)13-16-15-10(2)20-13/h3,6,8-9,12H,4-5,7H2,1-2H3/t9-,12+/m0/s1. The van der Waals surface area contributed by atoms with Gasteiger partial charge in [-0.3, -0.25) is 4.79 Å². The molecule has 7 heteroatoms. The molecular weight excluding hydrogens is 290 g/mol. The van der Waals surface area contributed by atoms with Crippen molar-refractivity contribution in [3.05, 3.63) is 34.2 Å². The largest absolute Gasteiger partial charge is 0.423 e. The van der Waals surface area contributed by atoms with E-state index in [9.17, 15) is 4.79 Å². The normalized spacial score (nSPS) is 20.5. The molecule has 112 valence electrons. The maximum absolute atomic E-state index is 12.8. The van der Waals surface area contributed by atoms with Gasteiger partial charge in [0.1, 0.15) is 6.04 Å². The third-order valence-corrected chi connectivity index (χ3v) is 4.35. The van der Waals surface area contributed by atoms with Gasteiger partial charge in [0.15, 0.2) is 0 Å². The quantitative estimate of drug-likeness (QED) is 0.869. The minimum atomic E-state index is -0.298. The summed E-state index contributed by atoms with van der Waals surface area (Å²) in [5.74, 6) is 0.824. The molecule has 0 spiro atoms. The fourth-order valence-electron chi connectivity index (χ4n) is 2.43. The van der Waals surface area contributed by atoms with Crippen molar-refractivity contribution < 1.29 is 13.9 Å². The molecule has 21 heavy (non-hydrogen) atoms. The Morgan fingerprint density at radius 3 is 3.05 bits per heavy atom. The molecule has 1 fully saturated rings. The molecule has 1 saturated heterocycles. The molecule has 1 aliphatic rings. The first-order valence-corrected chi connectivity index (χ1v) is 7.81. The minimum Gasteiger partial charge on any atom is -0.423 e. The molecule has 2 aromatic rings. The van der Waals surface area contributed by atoms with Crippen LogP contribution in [-0.2, 0) is 9.53 Å². The molecule has 0 bridgehead atoms. The van der Waals surface area contributed by atoms with E-state index in [1.165, 1.54) is 0 Å². The number of aryl methyl sites for hydroxylation is 1. The number of amides is 1. The lowest BCUT2D eigenvalue weighted by molar-refractivity contribution is -0.142. The molecule has 0 aromatic carbocycles. The van der Waals surface area contributed by atoms with Gasteiger partial charge < -0.3 is 14.1 Å². The maximum atomic E-state index is 12.8. The maximum Gasteiger partial charge on any atom is 0.241 e. The molecule has 2 aromatic heterocycles. The van der Waals surface area contributed by atoms with Crippen LogP contribution in [0.4, 0.5) is 0 Å². The first kappa shape index (κ1) is 14.2. The van der Waals surface area contributed by atoms with Gasteiger partial charge in [-0.05, 0) is 29.3 Å². The smallest absolute Gasteiger partial charge is 0.241 e. The first-order chi connectivity index (χ1) is 10.2. The average molecular weight is 307 g/mol. The molecule has 0 N–H and O–H groups in total. The van der Waals surface area contributed by atoms with Gasteiger partial charge >= 0.3 is 0 Å². The number of aromatic nitrogens is 2. The van der Waals surface area contributed by atoms with Gasteiger partial charge in [-0.2, -0.15) is 11.3 Å². The molecule has 0 saturated carbocycles. The Bertz CT molecular complexity index is 611. The number of nitrogens with zero attached hydrogens (tertiary/aromatic N) is 3. The number of carbonyl (C=O) groups excluding carboxylic acids is 1. The second-order valence-electron chi connectivity index (χ2n) is 5.06. The van der Waals surface area contributed by atoms with E-state index in [0.717, 1.165) is 5.56 Å². The summed E-state index contributed by atoms with van der Waals surface area (Å²) in [5, 5.41) is 11.9. The summed E-state index contributed by atoms with van der Waals surface area (Å²) in [6, 6.07) is 1.69. The Kier molecular flexibility index (Phi) is 4.03. The number of hydrogen-bond donors (Lipinski definition) is 0. The van der Waals surface area contributed by atoms with Crippen LogP contribution in [0.1, 0.15) is 36.2 Å². The van der Waals surface area contributed by atoms with Crippen molar-refractivity contribution in [2.75, 3.05) is 19.8 Å². The fraction of sp³-hybridized carbons (Fsp3) is 0.500. The minimum absolute atomic E-state index is 0.0672. The van der Waals surface area contributed by atoms with Gasteiger partial charge in [-0.1, -0.05) is 0 Å². The predicted octanol–water partition coefficient (Wildman–Crippen LogP) is 2.14. The van der Waals surface area contributed by atoms with Crippen molar-refractivity contribution in [3.63, 3.8) is 0 Å². The highest BCUT2D eigenvalue weighted by molar-refractivity contribution is 7.08. The Morgan fingerprint density at radius 1 is 1.52 bits per heavy atom. The lowest BCUT2D eigenvalue weighted by Gasteiger charge is -2.35. The van der Waals surface area contributed by atoms with Crippen LogP contribution in [0.3, 0.4) is 0 Å². The number of rotatable bonds is 3. The summed E-state index contributed by atoms with van der Waals surface area (Å²) in [4.78, 5) is 14.6. The van der Waals surface area contributed by atoms with Crippen LogP contribution >= 0.6 is 11.3 Å². The summed E-state index contributed by atoms with van der Waals surface area (Å²) >= 11 is 1.60. The Labute approximate surface area is 126 Å². The molecule has 3 heterocycles. The molecule has 2 atom stereocenters. The van der Waals surface area contributed by atoms with Crippen molar-refractivity contribution in [1.29, 1.82) is 0 Å². The van der Waals surface area contributed by atoms with Crippen LogP contribution in [0.5, 0.6) is 0 Å². The SMILES string of the molecule is Cc1nnc([C@H]2COCCN2C(=O)[C@@H](C)c2ccsc2)o1. The zero-order valence-electron chi connectivity index (χ0n) is 12.0. The van der Waals surface area contributed by atoms with Crippen molar-refractivity contribution >= 4 is 17.2 Å². The Morgan fingerprint density at radius 2 is 2.38 bits per heavy atom. The van der Waals surface area contributed by atoms with Crippen molar-refractivity contribution in [3.8, 4) is 0 Å².